The van der Waals surface area contributed by atoms with E-state index in [9.17, 15) is 9.59 Å². The van der Waals surface area contributed by atoms with Crippen LogP contribution in [0.25, 0.3) is 20.7 Å². The SMILES string of the molecule is Cc1ccccc1NC(=O)CSc1nc2scc(-c3cccs3)c2c(=O)n1C. The van der Waals surface area contributed by atoms with Crippen molar-refractivity contribution in [1.29, 1.82) is 0 Å². The summed E-state index contributed by atoms with van der Waals surface area (Å²) in [6, 6.07) is 11.6. The second-order valence-corrected chi connectivity index (χ2v) is 8.97. The van der Waals surface area contributed by atoms with Crippen molar-refractivity contribution in [3.8, 4) is 10.4 Å². The zero-order valence-corrected chi connectivity index (χ0v) is 17.7. The van der Waals surface area contributed by atoms with E-state index >= 15 is 0 Å². The second-order valence-electron chi connectivity index (χ2n) is 6.22. The number of hydrogen-bond donors (Lipinski definition) is 1. The van der Waals surface area contributed by atoms with Gasteiger partial charge in [-0.3, -0.25) is 14.2 Å². The predicted octanol–water partition coefficient (Wildman–Crippen LogP) is 4.76. The van der Waals surface area contributed by atoms with E-state index in [4.69, 9.17) is 0 Å². The van der Waals surface area contributed by atoms with E-state index in [-0.39, 0.29) is 17.2 Å². The van der Waals surface area contributed by atoms with Gasteiger partial charge in [0.2, 0.25) is 5.91 Å². The number of benzene rings is 1. The molecule has 4 rings (SSSR count). The highest BCUT2D eigenvalue weighted by Gasteiger charge is 2.17. The summed E-state index contributed by atoms with van der Waals surface area (Å²) in [5, 5.41) is 8.06. The fraction of sp³-hybridized carbons (Fsp3) is 0.150. The summed E-state index contributed by atoms with van der Waals surface area (Å²) in [6.07, 6.45) is 0. The van der Waals surface area contributed by atoms with Gasteiger partial charge in [0, 0.05) is 28.6 Å². The van der Waals surface area contributed by atoms with Crippen LogP contribution >= 0.6 is 34.4 Å². The average molecular weight is 428 g/mol. The molecule has 0 aliphatic carbocycles. The number of carbonyl (C=O) groups excluding carboxylic acids is 1. The van der Waals surface area contributed by atoms with Crippen molar-refractivity contribution in [3.05, 3.63) is 63.1 Å². The molecule has 0 aliphatic heterocycles. The third kappa shape index (κ3) is 3.63. The molecule has 28 heavy (non-hydrogen) atoms. The van der Waals surface area contributed by atoms with Crippen LogP contribution < -0.4 is 10.9 Å². The molecule has 0 saturated heterocycles. The van der Waals surface area contributed by atoms with Gasteiger partial charge in [-0.1, -0.05) is 36.0 Å². The first kappa shape index (κ1) is 18.9. The number of anilines is 1. The maximum absolute atomic E-state index is 12.9. The molecule has 1 N–H and O–H groups in total. The lowest BCUT2D eigenvalue weighted by Gasteiger charge is -2.09. The highest BCUT2D eigenvalue weighted by atomic mass is 32.2. The third-order valence-corrected chi connectivity index (χ3v) is 7.12. The quantitative estimate of drug-likeness (QED) is 0.368. The molecule has 5 nitrogen and oxygen atoms in total. The van der Waals surface area contributed by atoms with Crippen molar-refractivity contribution in [1.82, 2.24) is 9.55 Å². The lowest BCUT2D eigenvalue weighted by molar-refractivity contribution is -0.113. The number of nitrogens with one attached hydrogen (secondary N) is 1. The van der Waals surface area contributed by atoms with Gasteiger partial charge in [-0.05, 0) is 30.0 Å². The van der Waals surface area contributed by atoms with E-state index in [2.05, 4.69) is 10.3 Å². The Labute approximate surface area is 174 Å². The van der Waals surface area contributed by atoms with E-state index in [1.165, 1.54) is 27.7 Å². The third-order valence-electron chi connectivity index (χ3n) is 4.31. The minimum absolute atomic E-state index is 0.0866. The number of hydrogen-bond acceptors (Lipinski definition) is 6. The first-order chi connectivity index (χ1) is 13.5. The summed E-state index contributed by atoms with van der Waals surface area (Å²) in [5.41, 5.74) is 2.64. The van der Waals surface area contributed by atoms with Crippen LogP contribution in [0.15, 0.2) is 57.1 Å². The molecule has 0 aliphatic rings. The highest BCUT2D eigenvalue weighted by Crippen LogP contribution is 2.34. The number of aromatic nitrogens is 2. The van der Waals surface area contributed by atoms with Gasteiger partial charge in [0.05, 0.1) is 11.1 Å². The number of nitrogens with zero attached hydrogens (tertiary/aromatic N) is 2. The van der Waals surface area contributed by atoms with Gasteiger partial charge in [-0.25, -0.2) is 4.98 Å². The van der Waals surface area contributed by atoms with Crippen molar-refractivity contribution in [2.45, 2.75) is 12.1 Å². The minimum atomic E-state index is -0.126. The van der Waals surface area contributed by atoms with Crippen molar-refractivity contribution < 1.29 is 4.79 Å². The maximum atomic E-state index is 12.9. The molecule has 3 heterocycles. The van der Waals surface area contributed by atoms with Crippen molar-refractivity contribution >= 4 is 56.2 Å². The Kier molecular flexibility index (Phi) is 5.34. The number of fused-ring (bicyclic) bond motifs is 1. The molecule has 4 aromatic rings. The van der Waals surface area contributed by atoms with Crippen LogP contribution in [0.5, 0.6) is 0 Å². The second kappa shape index (κ2) is 7.90. The molecule has 0 bridgehead atoms. The Morgan fingerprint density at radius 1 is 1.21 bits per heavy atom. The highest BCUT2D eigenvalue weighted by molar-refractivity contribution is 7.99. The molecule has 0 atom stereocenters. The lowest BCUT2D eigenvalue weighted by atomic mass is 10.2. The monoisotopic (exact) mass is 427 g/mol. The van der Waals surface area contributed by atoms with Gasteiger partial charge in [-0.2, -0.15) is 0 Å². The van der Waals surface area contributed by atoms with Gasteiger partial charge in [-0.15, -0.1) is 22.7 Å². The Hall–Kier alpha value is -2.42. The number of amides is 1. The molecule has 1 aromatic carbocycles. The van der Waals surface area contributed by atoms with E-state index in [0.717, 1.165) is 21.7 Å². The smallest absolute Gasteiger partial charge is 0.263 e. The van der Waals surface area contributed by atoms with Crippen LogP contribution in [0.1, 0.15) is 5.56 Å². The van der Waals surface area contributed by atoms with E-state index in [1.54, 1.807) is 18.4 Å². The molecule has 0 unspecified atom stereocenters. The van der Waals surface area contributed by atoms with Crippen LogP contribution in [0.2, 0.25) is 0 Å². The summed E-state index contributed by atoms with van der Waals surface area (Å²) in [7, 11) is 1.70. The average Bonchev–Trinajstić information content (AvgIpc) is 3.35. The summed E-state index contributed by atoms with van der Waals surface area (Å²) in [5.74, 6) is 0.0580. The van der Waals surface area contributed by atoms with Gasteiger partial charge in [0.25, 0.3) is 5.56 Å². The van der Waals surface area contributed by atoms with Gasteiger partial charge in [0.1, 0.15) is 4.83 Å². The standard InChI is InChI=1S/C20H17N3O2S3/c1-12-6-3-4-7-14(12)21-16(24)11-28-20-22-18-17(19(25)23(20)2)13(10-27-18)15-8-5-9-26-15/h3-10H,11H2,1-2H3,(H,21,24). The number of carbonyl (C=O) groups is 1. The fourth-order valence-corrected chi connectivity index (χ4v) is 5.40. The molecule has 3 aromatic heterocycles. The zero-order valence-electron chi connectivity index (χ0n) is 15.3. The van der Waals surface area contributed by atoms with Crippen LogP contribution in [0, 0.1) is 6.92 Å². The topological polar surface area (TPSA) is 64.0 Å². The molecule has 142 valence electrons. The molecule has 1 amide bonds. The molecule has 0 spiro atoms. The fourth-order valence-electron chi connectivity index (χ4n) is 2.82. The molecule has 0 fully saturated rings. The van der Waals surface area contributed by atoms with Gasteiger partial charge >= 0.3 is 0 Å². The summed E-state index contributed by atoms with van der Waals surface area (Å²) < 4.78 is 1.53. The summed E-state index contributed by atoms with van der Waals surface area (Å²) in [6.45, 7) is 1.95. The van der Waals surface area contributed by atoms with E-state index in [1.807, 2.05) is 54.1 Å². The molecule has 8 heteroatoms. The largest absolute Gasteiger partial charge is 0.325 e. The van der Waals surface area contributed by atoms with Crippen LogP contribution in [-0.2, 0) is 11.8 Å². The van der Waals surface area contributed by atoms with Crippen LogP contribution in [-0.4, -0.2) is 21.2 Å². The normalized spacial score (nSPS) is 11.1. The first-order valence-electron chi connectivity index (χ1n) is 8.55. The van der Waals surface area contributed by atoms with Crippen LogP contribution in [0.3, 0.4) is 0 Å². The Balaban J connectivity index is 1.56. The molecule has 0 saturated carbocycles. The first-order valence-corrected chi connectivity index (χ1v) is 11.3. The predicted molar refractivity (Wildman–Crippen MR) is 119 cm³/mol. The number of thioether (sulfide) groups is 1. The number of aryl methyl sites for hydroxylation is 1. The number of thiophene rings is 2. The minimum Gasteiger partial charge on any atom is -0.325 e. The van der Waals surface area contributed by atoms with Crippen molar-refractivity contribution in [2.75, 3.05) is 11.1 Å². The zero-order chi connectivity index (χ0) is 19.7. The maximum Gasteiger partial charge on any atom is 0.263 e. The number of para-hydroxylation sites is 1. The van der Waals surface area contributed by atoms with E-state index < -0.39 is 0 Å². The molecular formula is C20H17N3O2S3. The molecular weight excluding hydrogens is 410 g/mol. The van der Waals surface area contributed by atoms with E-state index in [0.29, 0.717) is 15.4 Å². The Morgan fingerprint density at radius 3 is 2.79 bits per heavy atom. The molecule has 0 radical (unpaired) electrons. The lowest BCUT2D eigenvalue weighted by Crippen LogP contribution is -2.21. The van der Waals surface area contributed by atoms with Crippen molar-refractivity contribution in [3.63, 3.8) is 0 Å². The van der Waals surface area contributed by atoms with Gasteiger partial charge in [0.15, 0.2) is 5.16 Å². The van der Waals surface area contributed by atoms with Crippen LogP contribution in [0.4, 0.5) is 5.69 Å². The Bertz CT molecular complexity index is 1210. The Morgan fingerprint density at radius 2 is 2.04 bits per heavy atom. The van der Waals surface area contributed by atoms with Crippen molar-refractivity contribution in [2.24, 2.45) is 7.05 Å². The van der Waals surface area contributed by atoms with Gasteiger partial charge < -0.3 is 5.32 Å². The summed E-state index contributed by atoms with van der Waals surface area (Å²) >= 11 is 4.32. The summed E-state index contributed by atoms with van der Waals surface area (Å²) in [4.78, 5) is 31.6. The number of rotatable bonds is 5.